The van der Waals surface area contributed by atoms with E-state index >= 15 is 0 Å². The molecule has 0 aliphatic carbocycles. The summed E-state index contributed by atoms with van der Waals surface area (Å²) in [6, 6.07) is 1.57. The SMILES string of the molecule is O=C(CBr)C1=CCC(Oc2ccc(C(F)(F)F)nc2)N=C1C(F)(F)F. The van der Waals surface area contributed by atoms with Gasteiger partial charge < -0.3 is 4.74 Å². The Balaban J connectivity index is 2.20. The fraction of sp³-hybridized carbons (Fsp3) is 0.357. The molecule has 136 valence electrons. The highest BCUT2D eigenvalue weighted by Crippen LogP contribution is 2.30. The number of halogens is 7. The van der Waals surface area contributed by atoms with E-state index in [0.29, 0.717) is 6.07 Å². The number of nitrogens with zero attached hydrogens (tertiary/aromatic N) is 2. The van der Waals surface area contributed by atoms with Crippen LogP contribution in [0.1, 0.15) is 12.1 Å². The predicted molar refractivity (Wildman–Crippen MR) is 78.6 cm³/mol. The molecule has 0 bridgehead atoms. The maximum atomic E-state index is 13.1. The fourth-order valence-electron chi connectivity index (χ4n) is 1.97. The quantitative estimate of drug-likeness (QED) is 0.533. The highest BCUT2D eigenvalue weighted by molar-refractivity contribution is 9.09. The second-order valence-electron chi connectivity index (χ2n) is 4.84. The van der Waals surface area contributed by atoms with Crippen molar-refractivity contribution in [2.75, 3.05) is 5.33 Å². The third kappa shape index (κ3) is 4.80. The van der Waals surface area contributed by atoms with Gasteiger partial charge in [-0.05, 0) is 12.1 Å². The van der Waals surface area contributed by atoms with Crippen molar-refractivity contribution >= 4 is 27.4 Å². The van der Waals surface area contributed by atoms with Gasteiger partial charge in [0.2, 0.25) is 0 Å². The van der Waals surface area contributed by atoms with Crippen LogP contribution >= 0.6 is 15.9 Å². The van der Waals surface area contributed by atoms with Crippen molar-refractivity contribution in [3.63, 3.8) is 0 Å². The number of aromatic nitrogens is 1. The summed E-state index contributed by atoms with van der Waals surface area (Å²) in [7, 11) is 0. The van der Waals surface area contributed by atoms with Crippen molar-refractivity contribution in [1.29, 1.82) is 0 Å². The van der Waals surface area contributed by atoms with Crippen molar-refractivity contribution in [3.8, 4) is 5.75 Å². The second-order valence-corrected chi connectivity index (χ2v) is 5.40. The molecule has 11 heteroatoms. The fourth-order valence-corrected chi connectivity index (χ4v) is 2.28. The first-order valence-electron chi connectivity index (χ1n) is 6.67. The van der Waals surface area contributed by atoms with Crippen LogP contribution in [0.25, 0.3) is 0 Å². The lowest BCUT2D eigenvalue weighted by Gasteiger charge is -2.22. The number of dihydropyridines is 1. The molecule has 1 aromatic heterocycles. The van der Waals surface area contributed by atoms with Crippen LogP contribution in [0, 0.1) is 0 Å². The van der Waals surface area contributed by atoms with E-state index in [2.05, 4.69) is 25.9 Å². The van der Waals surface area contributed by atoms with Gasteiger partial charge >= 0.3 is 12.4 Å². The number of carbonyl (C=O) groups excluding carboxylic acids is 1. The van der Waals surface area contributed by atoms with E-state index in [0.717, 1.165) is 18.3 Å². The molecule has 0 N–H and O–H groups in total. The summed E-state index contributed by atoms with van der Waals surface area (Å²) in [6.07, 6.45) is -9.20. The molecule has 4 nitrogen and oxygen atoms in total. The zero-order chi connectivity index (χ0) is 18.8. The molecule has 1 aliphatic rings. The molecule has 0 radical (unpaired) electrons. The molecular formula is C14H9BrF6N2O2. The second kappa shape index (κ2) is 7.14. The van der Waals surface area contributed by atoms with Gasteiger partial charge in [0.1, 0.15) is 11.4 Å². The number of ether oxygens (including phenoxy) is 1. The van der Waals surface area contributed by atoms with E-state index < -0.39 is 41.3 Å². The first-order chi connectivity index (χ1) is 11.5. The topological polar surface area (TPSA) is 51.5 Å². The first kappa shape index (κ1) is 19.4. The number of rotatable bonds is 4. The molecule has 2 heterocycles. The lowest BCUT2D eigenvalue weighted by molar-refractivity contribution is -0.141. The lowest BCUT2D eigenvalue weighted by Crippen LogP contribution is -2.34. The number of ketones is 1. The predicted octanol–water partition coefficient (Wildman–Crippen LogP) is 4.10. The van der Waals surface area contributed by atoms with Crippen LogP contribution < -0.4 is 4.74 Å². The van der Waals surface area contributed by atoms with Gasteiger partial charge in [0, 0.05) is 12.0 Å². The number of hydrogen-bond acceptors (Lipinski definition) is 4. The Hall–Kier alpha value is -1.91. The Morgan fingerprint density at radius 2 is 1.88 bits per heavy atom. The third-order valence-electron chi connectivity index (χ3n) is 3.04. The first-order valence-corrected chi connectivity index (χ1v) is 7.79. The molecule has 25 heavy (non-hydrogen) atoms. The zero-order valence-corrected chi connectivity index (χ0v) is 13.7. The number of allylic oxidation sites excluding steroid dienone is 1. The Labute approximate surface area is 145 Å². The normalized spacial score (nSPS) is 18.4. The molecule has 0 aromatic carbocycles. The molecule has 0 saturated heterocycles. The highest BCUT2D eigenvalue weighted by Gasteiger charge is 2.42. The van der Waals surface area contributed by atoms with Crippen molar-refractivity contribution in [1.82, 2.24) is 4.98 Å². The average molecular weight is 431 g/mol. The molecule has 1 unspecified atom stereocenters. The van der Waals surface area contributed by atoms with Gasteiger partial charge in [-0.15, -0.1) is 0 Å². The minimum atomic E-state index is -4.87. The maximum absolute atomic E-state index is 13.1. The highest BCUT2D eigenvalue weighted by atomic mass is 79.9. The third-order valence-corrected chi connectivity index (χ3v) is 3.55. The molecule has 1 aliphatic heterocycles. The van der Waals surface area contributed by atoms with Crippen LogP contribution in [-0.2, 0) is 11.0 Å². The summed E-state index contributed by atoms with van der Waals surface area (Å²) in [5.74, 6) is -0.960. The number of aliphatic imine (C=N–C) groups is 1. The Morgan fingerprint density at radius 3 is 2.36 bits per heavy atom. The van der Waals surface area contributed by atoms with Gasteiger partial charge in [-0.3, -0.25) is 4.79 Å². The van der Waals surface area contributed by atoms with Gasteiger partial charge in [-0.1, -0.05) is 22.0 Å². The maximum Gasteiger partial charge on any atom is 0.433 e. The standard InChI is InChI=1S/C14H9BrF6N2O2/c15-5-9(24)8-2-4-11(23-12(8)14(19,20)21)25-7-1-3-10(22-6-7)13(16,17)18/h1-3,6,11H,4-5H2. The summed E-state index contributed by atoms with van der Waals surface area (Å²) >= 11 is 2.79. The minimum Gasteiger partial charge on any atom is -0.467 e. The molecule has 1 atom stereocenters. The van der Waals surface area contributed by atoms with Crippen molar-refractivity contribution < 1.29 is 35.9 Å². The number of alkyl halides is 7. The van der Waals surface area contributed by atoms with Crippen LogP contribution in [-0.4, -0.2) is 34.2 Å². The molecule has 0 amide bonds. The van der Waals surface area contributed by atoms with Gasteiger partial charge in [-0.2, -0.15) is 26.3 Å². The summed E-state index contributed by atoms with van der Waals surface area (Å²) < 4.78 is 81.5. The van der Waals surface area contributed by atoms with Crippen molar-refractivity contribution in [3.05, 3.63) is 35.7 Å². The van der Waals surface area contributed by atoms with Gasteiger partial charge in [0.25, 0.3) is 0 Å². The van der Waals surface area contributed by atoms with Crippen LogP contribution in [0.4, 0.5) is 26.3 Å². The number of carbonyl (C=O) groups is 1. The van der Waals surface area contributed by atoms with Crippen LogP contribution in [0.5, 0.6) is 5.75 Å². The van der Waals surface area contributed by atoms with E-state index in [1.54, 1.807) is 0 Å². The van der Waals surface area contributed by atoms with E-state index in [4.69, 9.17) is 4.74 Å². The summed E-state index contributed by atoms with van der Waals surface area (Å²) in [6.45, 7) is 0. The molecule has 1 aromatic rings. The monoisotopic (exact) mass is 430 g/mol. The van der Waals surface area contributed by atoms with Crippen molar-refractivity contribution in [2.24, 2.45) is 4.99 Å². The Bertz CT molecular complexity index is 710. The molecule has 0 saturated carbocycles. The molecular weight excluding hydrogens is 422 g/mol. The van der Waals surface area contributed by atoms with Crippen LogP contribution in [0.15, 0.2) is 35.0 Å². The molecule has 0 fully saturated rings. The Kier molecular flexibility index (Phi) is 5.55. The van der Waals surface area contributed by atoms with Gasteiger partial charge in [-0.25, -0.2) is 9.98 Å². The number of pyridine rings is 1. The van der Waals surface area contributed by atoms with E-state index in [1.165, 1.54) is 0 Å². The largest absolute Gasteiger partial charge is 0.467 e. The number of hydrogen-bond donors (Lipinski definition) is 0. The minimum absolute atomic E-state index is 0.144. The van der Waals surface area contributed by atoms with Crippen LogP contribution in [0.3, 0.4) is 0 Å². The molecule has 2 rings (SSSR count). The smallest absolute Gasteiger partial charge is 0.433 e. The lowest BCUT2D eigenvalue weighted by atomic mass is 10.0. The van der Waals surface area contributed by atoms with E-state index in [-0.39, 0.29) is 17.5 Å². The summed E-state index contributed by atoms with van der Waals surface area (Å²) in [5.41, 5.74) is -3.11. The zero-order valence-electron chi connectivity index (χ0n) is 12.2. The van der Waals surface area contributed by atoms with E-state index in [1.807, 2.05) is 0 Å². The summed E-state index contributed by atoms with van der Waals surface area (Å²) in [5, 5.41) is -0.303. The molecule has 0 spiro atoms. The average Bonchev–Trinajstić information content (AvgIpc) is 2.53. The Morgan fingerprint density at radius 1 is 1.20 bits per heavy atom. The summed E-state index contributed by atoms with van der Waals surface area (Å²) in [4.78, 5) is 18.1. The van der Waals surface area contributed by atoms with E-state index in [9.17, 15) is 31.1 Å². The van der Waals surface area contributed by atoms with Gasteiger partial charge in [0.05, 0.1) is 11.5 Å². The van der Waals surface area contributed by atoms with Gasteiger partial charge in [0.15, 0.2) is 17.7 Å². The van der Waals surface area contributed by atoms with Crippen LogP contribution in [0.2, 0.25) is 0 Å². The number of Topliss-reactive ketones (excluding diaryl/α,β-unsaturated/α-hetero) is 1. The van der Waals surface area contributed by atoms with Crippen molar-refractivity contribution in [2.45, 2.75) is 25.0 Å².